The molecule has 3 rings (SSSR count). The summed E-state index contributed by atoms with van der Waals surface area (Å²) in [6.07, 6.45) is 3.80. The van der Waals surface area contributed by atoms with Gasteiger partial charge in [0, 0.05) is 24.8 Å². The van der Waals surface area contributed by atoms with Crippen molar-refractivity contribution < 1.29 is 19.1 Å². The molecule has 0 aliphatic carbocycles. The molecule has 0 aromatic carbocycles. The van der Waals surface area contributed by atoms with Gasteiger partial charge in [0.25, 0.3) is 11.5 Å². The number of ether oxygens (including phenoxy) is 2. The van der Waals surface area contributed by atoms with Gasteiger partial charge in [0.15, 0.2) is 0 Å². The molecule has 1 aromatic rings. The van der Waals surface area contributed by atoms with Crippen molar-refractivity contribution >= 4 is 11.9 Å². The first kappa shape index (κ1) is 16.5. The molecule has 0 bridgehead atoms. The number of esters is 1. The van der Waals surface area contributed by atoms with Crippen LogP contribution in [0.4, 0.5) is 0 Å². The second-order valence-corrected chi connectivity index (χ2v) is 6.16. The largest absolute Gasteiger partial charge is 0.496 e. The van der Waals surface area contributed by atoms with Gasteiger partial charge in [-0.1, -0.05) is 0 Å². The number of carbonyl (C=O) groups is 2. The molecule has 2 aliphatic rings. The SMILES string of the molecule is COC(=O)[C@@H]1CCCCN1C(=O)c1c(OC)cc(=O)n2c1CCC2. The Labute approximate surface area is 140 Å². The summed E-state index contributed by atoms with van der Waals surface area (Å²) in [6, 6.07) is 0.786. The lowest BCUT2D eigenvalue weighted by atomic mass is 9.99. The maximum atomic E-state index is 13.2. The number of aromatic nitrogens is 1. The average molecular weight is 334 g/mol. The van der Waals surface area contributed by atoms with Crippen LogP contribution in [0.1, 0.15) is 41.7 Å². The van der Waals surface area contributed by atoms with Gasteiger partial charge in [-0.05, 0) is 32.1 Å². The lowest BCUT2D eigenvalue weighted by molar-refractivity contribution is -0.147. The molecule has 7 heteroatoms. The highest BCUT2D eigenvalue weighted by atomic mass is 16.5. The van der Waals surface area contributed by atoms with E-state index in [-0.39, 0.29) is 17.2 Å². The minimum atomic E-state index is -0.574. The van der Waals surface area contributed by atoms with Gasteiger partial charge < -0.3 is 18.9 Å². The maximum Gasteiger partial charge on any atom is 0.328 e. The highest BCUT2D eigenvalue weighted by Gasteiger charge is 2.36. The van der Waals surface area contributed by atoms with E-state index in [9.17, 15) is 14.4 Å². The monoisotopic (exact) mass is 334 g/mol. The van der Waals surface area contributed by atoms with Crippen LogP contribution < -0.4 is 10.3 Å². The van der Waals surface area contributed by atoms with Gasteiger partial charge in [0.1, 0.15) is 17.4 Å². The zero-order valence-corrected chi connectivity index (χ0v) is 14.0. The minimum absolute atomic E-state index is 0.154. The van der Waals surface area contributed by atoms with Gasteiger partial charge in [-0.25, -0.2) is 4.79 Å². The van der Waals surface area contributed by atoms with Crippen molar-refractivity contribution in [2.24, 2.45) is 0 Å². The summed E-state index contributed by atoms with van der Waals surface area (Å²) < 4.78 is 11.8. The van der Waals surface area contributed by atoms with Crippen LogP contribution in [0.15, 0.2) is 10.9 Å². The molecule has 130 valence electrons. The van der Waals surface area contributed by atoms with Gasteiger partial charge in [-0.15, -0.1) is 0 Å². The first-order chi connectivity index (χ1) is 11.6. The molecular weight excluding hydrogens is 312 g/mol. The van der Waals surface area contributed by atoms with Gasteiger partial charge in [0.05, 0.1) is 14.2 Å². The molecule has 0 radical (unpaired) electrons. The second kappa shape index (κ2) is 6.67. The molecule has 0 saturated carbocycles. The van der Waals surface area contributed by atoms with Crippen LogP contribution in [-0.2, 0) is 22.5 Å². The molecule has 0 N–H and O–H groups in total. The number of piperidine rings is 1. The number of methoxy groups -OCH3 is 2. The molecule has 1 aromatic heterocycles. The Morgan fingerprint density at radius 3 is 2.67 bits per heavy atom. The van der Waals surface area contributed by atoms with Gasteiger partial charge in [0.2, 0.25) is 0 Å². The predicted octanol–water partition coefficient (Wildman–Crippen LogP) is 0.971. The fraction of sp³-hybridized carbons (Fsp3) is 0.588. The van der Waals surface area contributed by atoms with E-state index in [2.05, 4.69) is 0 Å². The number of hydrogen-bond donors (Lipinski definition) is 0. The summed E-state index contributed by atoms with van der Waals surface area (Å²) in [4.78, 5) is 39.0. The van der Waals surface area contributed by atoms with Crippen LogP contribution in [-0.4, -0.2) is 48.1 Å². The summed E-state index contributed by atoms with van der Waals surface area (Å²) in [6.45, 7) is 1.11. The molecular formula is C17H22N2O5. The van der Waals surface area contributed by atoms with Crippen molar-refractivity contribution in [3.8, 4) is 5.75 Å². The van der Waals surface area contributed by atoms with Crippen molar-refractivity contribution in [1.29, 1.82) is 0 Å². The molecule has 0 unspecified atom stereocenters. The number of likely N-dealkylation sites (tertiary alicyclic amines) is 1. The molecule has 1 fully saturated rings. The Hall–Kier alpha value is -2.31. The fourth-order valence-corrected chi connectivity index (χ4v) is 3.67. The van der Waals surface area contributed by atoms with Crippen molar-refractivity contribution in [2.45, 2.75) is 44.7 Å². The number of fused-ring (bicyclic) bond motifs is 1. The van der Waals surface area contributed by atoms with Crippen molar-refractivity contribution in [3.05, 3.63) is 27.7 Å². The molecule has 2 aliphatic heterocycles. The van der Waals surface area contributed by atoms with Crippen LogP contribution in [0.25, 0.3) is 0 Å². The number of carbonyl (C=O) groups excluding carboxylic acids is 2. The topological polar surface area (TPSA) is 77.8 Å². The van der Waals surface area contributed by atoms with E-state index in [0.717, 1.165) is 19.3 Å². The van der Waals surface area contributed by atoms with Gasteiger partial charge >= 0.3 is 5.97 Å². The van der Waals surface area contributed by atoms with E-state index < -0.39 is 12.0 Å². The highest BCUT2D eigenvalue weighted by molar-refractivity contribution is 6.00. The van der Waals surface area contributed by atoms with Crippen LogP contribution >= 0.6 is 0 Å². The summed E-state index contributed by atoms with van der Waals surface area (Å²) in [5.74, 6) is -0.369. The molecule has 24 heavy (non-hydrogen) atoms. The van der Waals surface area contributed by atoms with Crippen molar-refractivity contribution in [3.63, 3.8) is 0 Å². The predicted molar refractivity (Wildman–Crippen MR) is 86.3 cm³/mol. The van der Waals surface area contributed by atoms with Crippen LogP contribution in [0, 0.1) is 0 Å². The lowest BCUT2D eigenvalue weighted by Gasteiger charge is -2.34. The number of nitrogens with zero attached hydrogens (tertiary/aromatic N) is 2. The Kier molecular flexibility index (Phi) is 4.59. The van der Waals surface area contributed by atoms with E-state index in [1.54, 1.807) is 9.47 Å². The summed E-state index contributed by atoms with van der Waals surface area (Å²) >= 11 is 0. The quantitative estimate of drug-likeness (QED) is 0.770. The summed E-state index contributed by atoms with van der Waals surface area (Å²) in [5.41, 5.74) is 0.961. The molecule has 3 heterocycles. The van der Waals surface area contributed by atoms with Crippen LogP contribution in [0.2, 0.25) is 0 Å². The summed E-state index contributed by atoms with van der Waals surface area (Å²) in [7, 11) is 2.78. The Morgan fingerprint density at radius 2 is 1.96 bits per heavy atom. The van der Waals surface area contributed by atoms with Crippen molar-refractivity contribution in [1.82, 2.24) is 9.47 Å². The lowest BCUT2D eigenvalue weighted by Crippen LogP contribution is -2.49. The number of hydrogen-bond acceptors (Lipinski definition) is 5. The van der Waals surface area contributed by atoms with Crippen LogP contribution in [0.3, 0.4) is 0 Å². The normalized spacial score (nSPS) is 19.8. The highest BCUT2D eigenvalue weighted by Crippen LogP contribution is 2.29. The molecule has 7 nitrogen and oxygen atoms in total. The third-order valence-electron chi connectivity index (χ3n) is 4.85. The number of rotatable bonds is 3. The van der Waals surface area contributed by atoms with E-state index in [0.29, 0.717) is 37.2 Å². The van der Waals surface area contributed by atoms with E-state index >= 15 is 0 Å². The summed E-state index contributed by atoms with van der Waals surface area (Å²) in [5, 5.41) is 0. The third kappa shape index (κ3) is 2.68. The van der Waals surface area contributed by atoms with Crippen molar-refractivity contribution in [2.75, 3.05) is 20.8 Å². The van der Waals surface area contributed by atoms with E-state index in [1.165, 1.54) is 20.3 Å². The zero-order valence-electron chi connectivity index (χ0n) is 14.0. The van der Waals surface area contributed by atoms with E-state index in [1.807, 2.05) is 0 Å². The number of amides is 1. The molecule has 1 saturated heterocycles. The first-order valence-corrected chi connectivity index (χ1v) is 8.28. The standard InChI is InChI=1S/C17H22N2O5/c1-23-13-10-14(20)18-9-5-7-11(18)15(13)16(21)19-8-4-3-6-12(19)17(22)24-2/h10,12H,3-9H2,1-2H3/t12-/m0/s1. The molecule has 1 amide bonds. The van der Waals surface area contributed by atoms with Gasteiger partial charge in [-0.3, -0.25) is 9.59 Å². The van der Waals surface area contributed by atoms with E-state index in [4.69, 9.17) is 9.47 Å². The third-order valence-corrected chi connectivity index (χ3v) is 4.85. The second-order valence-electron chi connectivity index (χ2n) is 6.16. The Balaban J connectivity index is 2.05. The first-order valence-electron chi connectivity index (χ1n) is 8.28. The Morgan fingerprint density at radius 1 is 1.17 bits per heavy atom. The minimum Gasteiger partial charge on any atom is -0.496 e. The fourth-order valence-electron chi connectivity index (χ4n) is 3.67. The maximum absolute atomic E-state index is 13.2. The molecule has 1 atom stereocenters. The van der Waals surface area contributed by atoms with Gasteiger partial charge in [-0.2, -0.15) is 0 Å². The zero-order chi connectivity index (χ0) is 17.3. The smallest absolute Gasteiger partial charge is 0.328 e. The van der Waals surface area contributed by atoms with Crippen LogP contribution in [0.5, 0.6) is 5.75 Å². The average Bonchev–Trinajstić information content (AvgIpc) is 3.10. The molecule has 0 spiro atoms. The number of pyridine rings is 1. The Bertz CT molecular complexity index is 724.